The van der Waals surface area contributed by atoms with Crippen LogP contribution in [0.5, 0.6) is 0 Å². The molecule has 114 valence electrons. The monoisotopic (exact) mass is 286 g/mol. The summed E-state index contributed by atoms with van der Waals surface area (Å²) in [7, 11) is 0. The van der Waals surface area contributed by atoms with Crippen molar-refractivity contribution in [2.75, 3.05) is 12.4 Å². The molecule has 0 saturated heterocycles. The fraction of sp³-hybridized carbons (Fsp3) is 1.00. The second kappa shape index (κ2) is 8.56. The lowest BCUT2D eigenvalue weighted by Gasteiger charge is -2.37. The van der Waals surface area contributed by atoms with E-state index < -0.39 is 0 Å². The summed E-state index contributed by atoms with van der Waals surface area (Å²) in [5, 5.41) is 0. The second-order valence-electron chi connectivity index (χ2n) is 6.86. The molecule has 0 spiro atoms. The van der Waals surface area contributed by atoms with E-state index >= 15 is 0 Å². The molecule has 1 aliphatic carbocycles. The predicted molar refractivity (Wildman–Crippen MR) is 88.0 cm³/mol. The normalized spacial score (nSPS) is 28.6. The molecule has 3 atom stereocenters. The molecule has 1 fully saturated rings. The highest BCUT2D eigenvalue weighted by atomic mass is 32.1. The molecule has 0 amide bonds. The third-order valence-electron chi connectivity index (χ3n) is 5.07. The smallest absolute Gasteiger partial charge is 0.0578 e. The van der Waals surface area contributed by atoms with Gasteiger partial charge in [0.15, 0.2) is 0 Å². The zero-order valence-electron chi connectivity index (χ0n) is 13.5. The van der Waals surface area contributed by atoms with Gasteiger partial charge in [-0.1, -0.05) is 40.5 Å². The van der Waals surface area contributed by atoms with E-state index in [1.54, 1.807) is 0 Å². The van der Waals surface area contributed by atoms with Crippen molar-refractivity contribution in [2.24, 2.45) is 17.3 Å². The molecule has 0 radical (unpaired) electrons. The lowest BCUT2D eigenvalue weighted by molar-refractivity contribution is -0.0404. The van der Waals surface area contributed by atoms with Crippen molar-refractivity contribution >= 4 is 12.6 Å². The molecule has 19 heavy (non-hydrogen) atoms. The summed E-state index contributed by atoms with van der Waals surface area (Å²) in [5.41, 5.74) is 0.318. The van der Waals surface area contributed by atoms with Crippen LogP contribution in [0.4, 0.5) is 0 Å². The Balaban J connectivity index is 2.47. The number of thiol groups is 1. The molecule has 0 aliphatic heterocycles. The van der Waals surface area contributed by atoms with E-state index in [0.29, 0.717) is 11.5 Å². The van der Waals surface area contributed by atoms with Gasteiger partial charge in [0.05, 0.1) is 12.7 Å². The summed E-state index contributed by atoms with van der Waals surface area (Å²) < 4.78 is 6.31. The fourth-order valence-electron chi connectivity index (χ4n) is 3.48. The Morgan fingerprint density at radius 3 is 2.16 bits per heavy atom. The van der Waals surface area contributed by atoms with Crippen LogP contribution in [0.2, 0.25) is 0 Å². The molecular weight excluding hydrogens is 252 g/mol. The van der Waals surface area contributed by atoms with Gasteiger partial charge in [0.2, 0.25) is 0 Å². The quantitative estimate of drug-likeness (QED) is 0.592. The first-order valence-electron chi connectivity index (χ1n) is 8.29. The Morgan fingerprint density at radius 1 is 1.05 bits per heavy atom. The SMILES string of the molecule is CCCC(CS)(CCC)COC1CCC(C)C(C)C1. The van der Waals surface area contributed by atoms with Crippen molar-refractivity contribution in [2.45, 2.75) is 78.7 Å². The van der Waals surface area contributed by atoms with Crippen molar-refractivity contribution in [3.05, 3.63) is 0 Å². The molecule has 3 unspecified atom stereocenters. The van der Waals surface area contributed by atoms with Crippen LogP contribution in [0.1, 0.15) is 72.6 Å². The van der Waals surface area contributed by atoms with Gasteiger partial charge in [-0.15, -0.1) is 0 Å². The van der Waals surface area contributed by atoms with E-state index in [-0.39, 0.29) is 0 Å². The minimum atomic E-state index is 0.318. The van der Waals surface area contributed by atoms with E-state index in [2.05, 4.69) is 40.3 Å². The summed E-state index contributed by atoms with van der Waals surface area (Å²) in [4.78, 5) is 0. The lowest BCUT2D eigenvalue weighted by Crippen LogP contribution is -2.34. The van der Waals surface area contributed by atoms with E-state index in [9.17, 15) is 0 Å². The van der Waals surface area contributed by atoms with Crippen molar-refractivity contribution in [3.8, 4) is 0 Å². The van der Waals surface area contributed by atoms with Crippen molar-refractivity contribution < 1.29 is 4.74 Å². The minimum absolute atomic E-state index is 0.318. The molecule has 0 bridgehead atoms. The Labute approximate surface area is 126 Å². The maximum absolute atomic E-state index is 6.31. The van der Waals surface area contributed by atoms with Gasteiger partial charge in [-0.2, -0.15) is 12.6 Å². The summed E-state index contributed by atoms with van der Waals surface area (Å²) in [6.45, 7) is 10.2. The van der Waals surface area contributed by atoms with Crippen LogP contribution < -0.4 is 0 Å². The first kappa shape index (κ1) is 17.4. The van der Waals surface area contributed by atoms with Gasteiger partial charge >= 0.3 is 0 Å². The van der Waals surface area contributed by atoms with Crippen molar-refractivity contribution in [3.63, 3.8) is 0 Å². The first-order valence-corrected chi connectivity index (χ1v) is 8.92. The molecule has 1 rings (SSSR count). The molecule has 0 heterocycles. The Morgan fingerprint density at radius 2 is 1.68 bits per heavy atom. The van der Waals surface area contributed by atoms with Gasteiger partial charge in [-0.25, -0.2) is 0 Å². The van der Waals surface area contributed by atoms with Gasteiger partial charge in [0.1, 0.15) is 0 Å². The second-order valence-corrected chi connectivity index (χ2v) is 7.17. The number of hydrogen-bond donors (Lipinski definition) is 1. The van der Waals surface area contributed by atoms with Crippen molar-refractivity contribution in [1.29, 1.82) is 0 Å². The zero-order chi connectivity index (χ0) is 14.3. The van der Waals surface area contributed by atoms with Gasteiger partial charge in [0, 0.05) is 5.41 Å². The van der Waals surface area contributed by atoms with Crippen LogP contribution in [0, 0.1) is 17.3 Å². The molecular formula is C17H34OS. The van der Waals surface area contributed by atoms with E-state index in [1.165, 1.54) is 44.9 Å². The third kappa shape index (κ3) is 5.30. The van der Waals surface area contributed by atoms with Crippen LogP contribution in [0.3, 0.4) is 0 Å². The highest BCUT2D eigenvalue weighted by Crippen LogP contribution is 2.35. The van der Waals surface area contributed by atoms with Crippen molar-refractivity contribution in [1.82, 2.24) is 0 Å². The average Bonchev–Trinajstić information content (AvgIpc) is 2.40. The molecule has 0 aromatic rings. The van der Waals surface area contributed by atoms with E-state index in [0.717, 1.165) is 24.2 Å². The minimum Gasteiger partial charge on any atom is -0.378 e. The Kier molecular flexibility index (Phi) is 7.83. The van der Waals surface area contributed by atoms with Crippen LogP contribution in [0.15, 0.2) is 0 Å². The Bertz CT molecular complexity index is 235. The van der Waals surface area contributed by atoms with Crippen LogP contribution in [-0.2, 0) is 4.74 Å². The molecule has 0 N–H and O–H groups in total. The lowest BCUT2D eigenvalue weighted by atomic mass is 9.79. The zero-order valence-corrected chi connectivity index (χ0v) is 14.3. The Hall–Kier alpha value is 0.310. The molecule has 2 heteroatoms. The third-order valence-corrected chi connectivity index (χ3v) is 5.74. The highest BCUT2D eigenvalue weighted by molar-refractivity contribution is 7.80. The molecule has 0 aromatic carbocycles. The van der Waals surface area contributed by atoms with E-state index in [1.807, 2.05) is 0 Å². The highest BCUT2D eigenvalue weighted by Gasteiger charge is 2.31. The maximum Gasteiger partial charge on any atom is 0.0578 e. The molecule has 1 saturated carbocycles. The van der Waals surface area contributed by atoms with Crippen LogP contribution in [-0.4, -0.2) is 18.5 Å². The van der Waals surface area contributed by atoms with Gasteiger partial charge in [-0.3, -0.25) is 0 Å². The van der Waals surface area contributed by atoms with Crippen LogP contribution in [0.25, 0.3) is 0 Å². The average molecular weight is 287 g/mol. The maximum atomic E-state index is 6.31. The summed E-state index contributed by atoms with van der Waals surface area (Å²) in [6, 6.07) is 0. The topological polar surface area (TPSA) is 9.23 Å². The van der Waals surface area contributed by atoms with E-state index in [4.69, 9.17) is 4.74 Å². The standard InChI is InChI=1S/C17H34OS/c1-5-9-17(13-19,10-6-2)12-18-16-8-7-14(3)15(4)11-16/h14-16,19H,5-13H2,1-4H3. The van der Waals surface area contributed by atoms with Crippen LogP contribution >= 0.6 is 12.6 Å². The fourth-order valence-corrected chi connectivity index (χ4v) is 3.89. The summed E-state index contributed by atoms with van der Waals surface area (Å²) in [6.07, 6.45) is 9.32. The molecule has 1 nitrogen and oxygen atoms in total. The summed E-state index contributed by atoms with van der Waals surface area (Å²) in [5.74, 6) is 2.66. The van der Waals surface area contributed by atoms with Gasteiger partial charge in [0.25, 0.3) is 0 Å². The largest absolute Gasteiger partial charge is 0.378 e. The number of rotatable bonds is 8. The van der Waals surface area contributed by atoms with Gasteiger partial charge in [-0.05, 0) is 49.7 Å². The predicted octanol–water partition coefficient (Wildman–Crippen LogP) is 5.34. The first-order chi connectivity index (χ1) is 9.06. The number of hydrogen-bond acceptors (Lipinski definition) is 2. The molecule has 0 aromatic heterocycles. The van der Waals surface area contributed by atoms with Gasteiger partial charge < -0.3 is 4.74 Å². The number of ether oxygens (including phenoxy) is 1. The summed E-state index contributed by atoms with van der Waals surface area (Å²) >= 11 is 4.62. The molecule has 1 aliphatic rings.